The van der Waals surface area contributed by atoms with Crippen LogP contribution in [0.3, 0.4) is 0 Å². The molecule has 0 N–H and O–H groups in total. The molecule has 13 rings (SSSR count). The van der Waals surface area contributed by atoms with Crippen LogP contribution < -0.4 is 0 Å². The summed E-state index contributed by atoms with van der Waals surface area (Å²) in [5.41, 5.74) is 16.4. The molecular weight excluding hydrogens is 769 g/mol. The predicted molar refractivity (Wildman–Crippen MR) is 274 cm³/mol. The van der Waals surface area contributed by atoms with Gasteiger partial charge in [0.2, 0.25) is 0 Å². The molecule has 0 saturated heterocycles. The summed E-state index contributed by atoms with van der Waals surface area (Å²) >= 11 is 0. The molecule has 11 aromatic carbocycles. The number of fused-ring (bicyclic) bond motifs is 10. The lowest BCUT2D eigenvalue weighted by molar-refractivity contribution is 0.231. The lowest BCUT2D eigenvalue weighted by Gasteiger charge is -2.37. The van der Waals surface area contributed by atoms with Crippen LogP contribution in [0.5, 0.6) is 0 Å². The Morgan fingerprint density at radius 3 is 1.31 bits per heavy atom. The zero-order valence-corrected chi connectivity index (χ0v) is 36.6. The minimum Gasteiger partial charge on any atom is -0.0622 e. The molecule has 2 atom stereocenters. The summed E-state index contributed by atoms with van der Waals surface area (Å²) in [4.78, 5) is 0. The first-order valence-electron chi connectivity index (χ1n) is 23.1. The van der Waals surface area contributed by atoms with Gasteiger partial charge in [0.15, 0.2) is 0 Å². The molecule has 0 aromatic heterocycles. The van der Waals surface area contributed by atoms with Gasteiger partial charge < -0.3 is 0 Å². The Hall–Kier alpha value is -7.28. The second-order valence-corrected chi connectivity index (χ2v) is 19.4. The van der Waals surface area contributed by atoms with Crippen LogP contribution >= 0.6 is 0 Å². The lowest BCUT2D eigenvalue weighted by Crippen LogP contribution is -2.31. The highest BCUT2D eigenvalue weighted by atomic mass is 14.6. The van der Waals surface area contributed by atoms with E-state index in [4.69, 9.17) is 0 Å². The SMILES string of the molecule is CC12CCC(c3c1c(-c1ccccc1)c1ccc(-c4ccc5c(-c6ccc7ccccc7c6)c6ccccc6c(-c6ccc7ccccc7c6)c5c4)cc1c3-c1ccccc1)C2(C)C. The predicted octanol–water partition coefficient (Wildman–Crippen LogP) is 18.0. The standard InChI is InChI=1S/C64H48/c1-63(2)56-34-35-64(63,3)62-60(43-20-8-5-9-21-43)53-33-31-47(39-55(53)59(61(56)62)42-18-6-4-7-19-42)46-30-32-52-54(38-46)58(49-29-27-41-17-11-13-23-45(41)37-49)51-25-15-14-24-50(51)57(52)48-28-26-40-16-10-12-22-44(40)36-48/h4-33,36-39,56H,34-35H2,1-3H3. The van der Waals surface area contributed by atoms with Gasteiger partial charge in [0.05, 0.1) is 0 Å². The average molecular weight is 817 g/mol. The Labute approximate surface area is 375 Å². The first-order chi connectivity index (χ1) is 31.4. The second kappa shape index (κ2) is 13.9. The molecular formula is C64H48. The fourth-order valence-electron chi connectivity index (χ4n) is 12.6. The Bertz CT molecular complexity index is 3700. The highest BCUT2D eigenvalue weighted by Crippen LogP contribution is 2.71. The molecule has 11 aromatic rings. The number of benzene rings is 11. The smallest absolute Gasteiger partial charge is 0.000867 e. The van der Waals surface area contributed by atoms with Crippen molar-refractivity contribution in [1.29, 1.82) is 0 Å². The molecule has 2 aliphatic rings. The maximum Gasteiger partial charge on any atom is -0.000867 e. The lowest BCUT2D eigenvalue weighted by atomic mass is 9.67. The Morgan fingerprint density at radius 2 is 0.750 bits per heavy atom. The van der Waals surface area contributed by atoms with Crippen LogP contribution in [-0.2, 0) is 5.41 Å². The van der Waals surface area contributed by atoms with E-state index in [2.05, 4.69) is 227 Å². The highest BCUT2D eigenvalue weighted by Gasteiger charge is 2.61. The van der Waals surface area contributed by atoms with Crippen molar-refractivity contribution in [1.82, 2.24) is 0 Å². The van der Waals surface area contributed by atoms with Gasteiger partial charge in [-0.2, -0.15) is 0 Å². The quantitative estimate of drug-likeness (QED) is 0.152. The molecule has 1 saturated carbocycles. The first-order valence-corrected chi connectivity index (χ1v) is 23.1. The summed E-state index contributed by atoms with van der Waals surface area (Å²) in [5, 5.41) is 12.8. The van der Waals surface area contributed by atoms with E-state index in [0.717, 1.165) is 0 Å². The largest absolute Gasteiger partial charge is 0.0622 e. The molecule has 64 heavy (non-hydrogen) atoms. The monoisotopic (exact) mass is 816 g/mol. The van der Waals surface area contributed by atoms with Crippen LogP contribution in [0.4, 0.5) is 0 Å². The summed E-state index contributed by atoms with van der Waals surface area (Å²) < 4.78 is 0. The molecule has 0 aliphatic heterocycles. The van der Waals surface area contributed by atoms with Crippen LogP contribution in [0.25, 0.3) is 109 Å². The molecule has 2 unspecified atom stereocenters. The Balaban J connectivity index is 1.12. The van der Waals surface area contributed by atoms with E-state index < -0.39 is 0 Å². The zero-order valence-electron chi connectivity index (χ0n) is 36.6. The molecule has 0 spiro atoms. The van der Waals surface area contributed by atoms with Crippen molar-refractivity contribution < 1.29 is 0 Å². The summed E-state index contributed by atoms with van der Waals surface area (Å²) in [6, 6.07) is 77.7. The highest BCUT2D eigenvalue weighted by molar-refractivity contribution is 6.23. The van der Waals surface area contributed by atoms with E-state index in [1.54, 1.807) is 11.1 Å². The van der Waals surface area contributed by atoms with E-state index in [9.17, 15) is 0 Å². The summed E-state index contributed by atoms with van der Waals surface area (Å²) in [6.45, 7) is 7.66. The van der Waals surface area contributed by atoms with E-state index in [0.29, 0.717) is 5.92 Å². The van der Waals surface area contributed by atoms with Crippen LogP contribution in [0.1, 0.15) is 50.7 Å². The Kier molecular flexibility index (Phi) is 8.08. The second-order valence-electron chi connectivity index (χ2n) is 19.4. The molecule has 2 bridgehead atoms. The number of hydrogen-bond donors (Lipinski definition) is 0. The maximum absolute atomic E-state index is 2.57. The fraction of sp³-hybridized carbons (Fsp3) is 0.125. The van der Waals surface area contributed by atoms with Crippen molar-refractivity contribution in [3.63, 3.8) is 0 Å². The van der Waals surface area contributed by atoms with Crippen molar-refractivity contribution in [2.75, 3.05) is 0 Å². The summed E-state index contributed by atoms with van der Waals surface area (Å²) in [6.07, 6.45) is 2.45. The Morgan fingerprint density at radius 1 is 0.328 bits per heavy atom. The minimum atomic E-state index is 0.0810. The molecule has 304 valence electrons. The van der Waals surface area contributed by atoms with Crippen LogP contribution in [0.2, 0.25) is 0 Å². The van der Waals surface area contributed by atoms with Crippen LogP contribution in [0, 0.1) is 5.41 Å². The minimum absolute atomic E-state index is 0.0810. The van der Waals surface area contributed by atoms with Crippen molar-refractivity contribution in [3.8, 4) is 55.6 Å². The van der Waals surface area contributed by atoms with Gasteiger partial charge in [-0.25, -0.2) is 0 Å². The van der Waals surface area contributed by atoms with Gasteiger partial charge >= 0.3 is 0 Å². The maximum atomic E-state index is 2.57. The van der Waals surface area contributed by atoms with Crippen LogP contribution in [0.15, 0.2) is 206 Å². The molecule has 0 heteroatoms. The molecule has 0 amide bonds. The van der Waals surface area contributed by atoms with Crippen molar-refractivity contribution in [2.24, 2.45) is 5.41 Å². The molecule has 0 heterocycles. The van der Waals surface area contributed by atoms with Crippen LogP contribution in [-0.4, -0.2) is 0 Å². The van der Waals surface area contributed by atoms with Gasteiger partial charge in [-0.15, -0.1) is 0 Å². The number of hydrogen-bond acceptors (Lipinski definition) is 0. The van der Waals surface area contributed by atoms with E-state index in [-0.39, 0.29) is 10.8 Å². The van der Waals surface area contributed by atoms with Crippen molar-refractivity contribution in [3.05, 3.63) is 217 Å². The molecule has 0 nitrogen and oxygen atoms in total. The van der Waals surface area contributed by atoms with Gasteiger partial charge in [0.1, 0.15) is 0 Å². The van der Waals surface area contributed by atoms with Gasteiger partial charge in [0.25, 0.3) is 0 Å². The summed E-state index contributed by atoms with van der Waals surface area (Å²) in [5.74, 6) is 0.491. The van der Waals surface area contributed by atoms with Gasteiger partial charge in [0, 0.05) is 0 Å². The zero-order chi connectivity index (χ0) is 42.7. The van der Waals surface area contributed by atoms with Crippen molar-refractivity contribution >= 4 is 53.9 Å². The van der Waals surface area contributed by atoms with Gasteiger partial charge in [-0.3, -0.25) is 0 Å². The normalized spacial score (nSPS) is 17.5. The molecule has 2 aliphatic carbocycles. The fourth-order valence-corrected chi connectivity index (χ4v) is 12.6. The number of rotatable bonds is 5. The molecule has 0 radical (unpaired) electrons. The third kappa shape index (κ3) is 5.29. The third-order valence-electron chi connectivity index (χ3n) is 16.0. The topological polar surface area (TPSA) is 0 Å². The average Bonchev–Trinajstić information content (AvgIpc) is 3.68. The van der Waals surface area contributed by atoms with E-state index in [1.165, 1.54) is 122 Å². The van der Waals surface area contributed by atoms with Crippen molar-refractivity contribution in [2.45, 2.75) is 44.9 Å². The third-order valence-corrected chi connectivity index (χ3v) is 16.0. The van der Waals surface area contributed by atoms with E-state index in [1.807, 2.05) is 0 Å². The van der Waals surface area contributed by atoms with E-state index >= 15 is 0 Å². The summed E-state index contributed by atoms with van der Waals surface area (Å²) in [7, 11) is 0. The van der Waals surface area contributed by atoms with Gasteiger partial charge in [-0.05, 0) is 174 Å². The molecule has 1 fully saturated rings. The van der Waals surface area contributed by atoms with Gasteiger partial charge in [-0.1, -0.05) is 203 Å². The first kappa shape index (κ1) is 37.3.